The van der Waals surface area contributed by atoms with Crippen molar-refractivity contribution >= 4 is 41.3 Å². The summed E-state index contributed by atoms with van der Waals surface area (Å²) in [6.07, 6.45) is 1.69. The van der Waals surface area contributed by atoms with E-state index in [0.29, 0.717) is 13.1 Å². The van der Waals surface area contributed by atoms with Crippen molar-refractivity contribution in [3.8, 4) is 10.6 Å². The SMILES string of the molecule is CCc1noc(CC)c1CNC(=NC)NCc1csc(-c2ccccc2)n1.I. The molecule has 3 rings (SSSR count). The monoisotopic (exact) mass is 511 g/mol. The lowest BCUT2D eigenvalue weighted by Gasteiger charge is -2.11. The Morgan fingerprint density at radius 3 is 2.54 bits per heavy atom. The molecule has 2 aromatic heterocycles. The van der Waals surface area contributed by atoms with Crippen molar-refractivity contribution in [3.05, 3.63) is 58.4 Å². The Bertz CT molecular complexity index is 870. The predicted octanol–water partition coefficient (Wildman–Crippen LogP) is 4.41. The van der Waals surface area contributed by atoms with E-state index in [1.165, 1.54) is 0 Å². The van der Waals surface area contributed by atoms with Gasteiger partial charge < -0.3 is 15.2 Å². The number of nitrogens with one attached hydrogen (secondary N) is 2. The number of halogens is 1. The molecule has 0 fully saturated rings. The molecule has 0 bridgehead atoms. The van der Waals surface area contributed by atoms with Crippen LogP contribution in [0, 0.1) is 0 Å². The minimum Gasteiger partial charge on any atom is -0.361 e. The van der Waals surface area contributed by atoms with Gasteiger partial charge in [-0.25, -0.2) is 4.98 Å². The van der Waals surface area contributed by atoms with Gasteiger partial charge in [0.2, 0.25) is 0 Å². The summed E-state index contributed by atoms with van der Waals surface area (Å²) in [5.74, 6) is 1.66. The molecular weight excluding hydrogens is 485 g/mol. The Morgan fingerprint density at radius 2 is 1.86 bits per heavy atom. The minimum absolute atomic E-state index is 0. The van der Waals surface area contributed by atoms with E-state index in [2.05, 4.69) is 52.1 Å². The van der Waals surface area contributed by atoms with E-state index in [-0.39, 0.29) is 24.0 Å². The second-order valence-electron chi connectivity index (χ2n) is 6.03. The van der Waals surface area contributed by atoms with E-state index in [1.54, 1.807) is 18.4 Å². The van der Waals surface area contributed by atoms with Crippen LogP contribution in [0.15, 0.2) is 45.2 Å². The fourth-order valence-electron chi connectivity index (χ4n) is 2.81. The molecule has 8 heteroatoms. The Hall–Kier alpha value is -1.94. The number of aliphatic imine (C=N–C) groups is 1. The van der Waals surface area contributed by atoms with Crippen LogP contribution >= 0.6 is 35.3 Å². The number of aryl methyl sites for hydroxylation is 2. The van der Waals surface area contributed by atoms with Crippen LogP contribution in [0.5, 0.6) is 0 Å². The minimum atomic E-state index is 0. The molecule has 0 atom stereocenters. The summed E-state index contributed by atoms with van der Waals surface area (Å²) in [5, 5.41) is 13.9. The Kier molecular flexibility index (Phi) is 8.91. The van der Waals surface area contributed by atoms with Crippen molar-refractivity contribution < 1.29 is 4.52 Å². The summed E-state index contributed by atoms with van der Waals surface area (Å²) in [6, 6.07) is 10.2. The number of hydrogen-bond acceptors (Lipinski definition) is 5. The number of guanidine groups is 1. The first kappa shape index (κ1) is 22.4. The van der Waals surface area contributed by atoms with Crippen LogP contribution in [0.25, 0.3) is 10.6 Å². The zero-order valence-corrected chi connectivity index (χ0v) is 19.5. The smallest absolute Gasteiger partial charge is 0.191 e. The summed E-state index contributed by atoms with van der Waals surface area (Å²) in [4.78, 5) is 9.00. The number of benzene rings is 1. The van der Waals surface area contributed by atoms with Gasteiger partial charge in [0.05, 0.1) is 17.9 Å². The average Bonchev–Trinajstić information content (AvgIpc) is 3.35. The molecule has 150 valence electrons. The highest BCUT2D eigenvalue weighted by molar-refractivity contribution is 14.0. The molecule has 2 N–H and O–H groups in total. The molecule has 0 amide bonds. The lowest BCUT2D eigenvalue weighted by Crippen LogP contribution is -2.36. The normalized spacial score (nSPS) is 11.2. The fourth-order valence-corrected chi connectivity index (χ4v) is 3.63. The van der Waals surface area contributed by atoms with Gasteiger partial charge in [-0.15, -0.1) is 35.3 Å². The zero-order chi connectivity index (χ0) is 19.1. The largest absolute Gasteiger partial charge is 0.361 e. The van der Waals surface area contributed by atoms with Gasteiger partial charge in [-0.05, 0) is 6.42 Å². The highest BCUT2D eigenvalue weighted by Crippen LogP contribution is 2.23. The van der Waals surface area contributed by atoms with Crippen LogP contribution in [0.1, 0.15) is 36.6 Å². The maximum absolute atomic E-state index is 5.42. The first-order valence-corrected chi connectivity index (χ1v) is 10.0. The quantitative estimate of drug-likeness (QED) is 0.279. The van der Waals surface area contributed by atoms with E-state index >= 15 is 0 Å². The number of nitrogens with zero attached hydrogens (tertiary/aromatic N) is 3. The summed E-state index contributed by atoms with van der Waals surface area (Å²) < 4.78 is 5.42. The van der Waals surface area contributed by atoms with Crippen LogP contribution in [0.3, 0.4) is 0 Å². The number of rotatable bonds is 7. The number of hydrogen-bond donors (Lipinski definition) is 2. The van der Waals surface area contributed by atoms with Gasteiger partial charge in [-0.1, -0.05) is 49.3 Å². The van der Waals surface area contributed by atoms with Crippen molar-refractivity contribution in [2.75, 3.05) is 7.05 Å². The van der Waals surface area contributed by atoms with Crippen LogP contribution in [-0.2, 0) is 25.9 Å². The third-order valence-electron chi connectivity index (χ3n) is 4.27. The van der Waals surface area contributed by atoms with Gasteiger partial charge in [-0.2, -0.15) is 0 Å². The highest BCUT2D eigenvalue weighted by Gasteiger charge is 2.13. The second kappa shape index (κ2) is 11.2. The van der Waals surface area contributed by atoms with Crippen molar-refractivity contribution in [2.45, 2.75) is 39.8 Å². The van der Waals surface area contributed by atoms with Crippen molar-refractivity contribution in [2.24, 2.45) is 4.99 Å². The highest BCUT2D eigenvalue weighted by atomic mass is 127. The molecule has 0 unspecified atom stereocenters. The van der Waals surface area contributed by atoms with Gasteiger partial charge in [-0.3, -0.25) is 4.99 Å². The van der Waals surface area contributed by atoms with Crippen LogP contribution < -0.4 is 10.6 Å². The topological polar surface area (TPSA) is 75.3 Å². The molecule has 6 nitrogen and oxygen atoms in total. The van der Waals surface area contributed by atoms with Crippen molar-refractivity contribution in [3.63, 3.8) is 0 Å². The van der Waals surface area contributed by atoms with Crippen LogP contribution in [0.2, 0.25) is 0 Å². The number of thiazole rings is 1. The zero-order valence-electron chi connectivity index (χ0n) is 16.4. The Balaban J connectivity index is 0.00000280. The summed E-state index contributed by atoms with van der Waals surface area (Å²) in [7, 11) is 1.76. The maximum Gasteiger partial charge on any atom is 0.191 e. The molecule has 1 aromatic carbocycles. The van der Waals surface area contributed by atoms with E-state index in [0.717, 1.165) is 52.1 Å². The average molecular weight is 511 g/mol. The molecule has 2 heterocycles. The molecule has 0 saturated carbocycles. The molecule has 0 aliphatic carbocycles. The van der Waals surface area contributed by atoms with Gasteiger partial charge in [0.15, 0.2) is 5.96 Å². The molecule has 0 saturated heterocycles. The molecule has 0 aliphatic rings. The molecular formula is C20H26IN5OS. The molecule has 3 aromatic rings. The summed E-state index contributed by atoms with van der Waals surface area (Å²) >= 11 is 1.65. The summed E-state index contributed by atoms with van der Waals surface area (Å²) in [5.41, 5.74) is 4.27. The Morgan fingerprint density at radius 1 is 1.11 bits per heavy atom. The fraction of sp³-hybridized carbons (Fsp3) is 0.350. The van der Waals surface area contributed by atoms with E-state index in [1.807, 2.05) is 18.2 Å². The standard InChI is InChI=1S/C20H25N5OS.HI/c1-4-17-16(18(5-2)26-25-17)12-23-20(21-3)22-11-15-13-27-19(24-15)14-9-7-6-8-10-14;/h6-10,13H,4-5,11-12H2,1-3H3,(H2,21,22,23);1H. The van der Waals surface area contributed by atoms with Gasteiger partial charge in [0, 0.05) is 36.5 Å². The van der Waals surface area contributed by atoms with Crippen molar-refractivity contribution in [1.29, 1.82) is 0 Å². The van der Waals surface area contributed by atoms with Gasteiger partial charge in [0.25, 0.3) is 0 Å². The lowest BCUT2D eigenvalue weighted by molar-refractivity contribution is 0.380. The predicted molar refractivity (Wildman–Crippen MR) is 125 cm³/mol. The molecule has 0 aliphatic heterocycles. The third-order valence-corrected chi connectivity index (χ3v) is 5.21. The van der Waals surface area contributed by atoms with Gasteiger partial charge in [0.1, 0.15) is 10.8 Å². The van der Waals surface area contributed by atoms with Crippen molar-refractivity contribution in [1.82, 2.24) is 20.8 Å². The third kappa shape index (κ3) is 5.54. The first-order valence-electron chi connectivity index (χ1n) is 9.15. The number of aromatic nitrogens is 2. The van der Waals surface area contributed by atoms with E-state index in [4.69, 9.17) is 9.51 Å². The lowest BCUT2D eigenvalue weighted by atomic mass is 10.1. The van der Waals surface area contributed by atoms with Crippen LogP contribution in [-0.4, -0.2) is 23.1 Å². The Labute approximate surface area is 186 Å². The molecule has 0 spiro atoms. The van der Waals surface area contributed by atoms with Gasteiger partial charge >= 0.3 is 0 Å². The second-order valence-corrected chi connectivity index (χ2v) is 6.89. The maximum atomic E-state index is 5.42. The van der Waals surface area contributed by atoms with Crippen LogP contribution in [0.4, 0.5) is 0 Å². The van der Waals surface area contributed by atoms with E-state index < -0.39 is 0 Å². The summed E-state index contributed by atoms with van der Waals surface area (Å²) in [6.45, 7) is 5.42. The first-order chi connectivity index (χ1) is 13.2. The molecule has 28 heavy (non-hydrogen) atoms. The molecule has 0 radical (unpaired) electrons. The van der Waals surface area contributed by atoms with E-state index in [9.17, 15) is 0 Å².